The van der Waals surface area contributed by atoms with E-state index in [4.69, 9.17) is 9.47 Å². The number of ether oxygens (including phenoxy) is 2. The number of benzene rings is 2. The normalized spacial score (nSPS) is 11.1. The number of unbranched alkanes of at least 4 members (excludes halogenated alkanes) is 1. The summed E-state index contributed by atoms with van der Waals surface area (Å²) >= 11 is 0. The largest absolute Gasteiger partial charge is 0.497 e. The van der Waals surface area contributed by atoms with Crippen molar-refractivity contribution in [3.63, 3.8) is 0 Å². The van der Waals surface area contributed by atoms with Crippen LogP contribution in [0, 0.1) is 0 Å². The molecule has 2 aromatic rings. The van der Waals surface area contributed by atoms with Crippen LogP contribution in [0.25, 0.3) is 0 Å². The van der Waals surface area contributed by atoms with Crippen molar-refractivity contribution in [3.8, 4) is 11.5 Å². The van der Waals surface area contributed by atoms with E-state index in [1.165, 1.54) is 19.2 Å². The molecule has 0 saturated carbocycles. The summed E-state index contributed by atoms with van der Waals surface area (Å²) in [5.74, 6) is 0.805. The summed E-state index contributed by atoms with van der Waals surface area (Å²) in [6, 6.07) is 13.2. The predicted molar refractivity (Wildman–Crippen MR) is 108 cm³/mol. The van der Waals surface area contributed by atoms with Crippen molar-refractivity contribution in [2.24, 2.45) is 0 Å². The molecule has 0 spiro atoms. The van der Waals surface area contributed by atoms with E-state index in [0.717, 1.165) is 12.8 Å². The lowest BCUT2D eigenvalue weighted by Gasteiger charge is -2.14. The fraction of sp³-hybridized carbons (Fsp3) is 0.350. The molecule has 0 heterocycles. The van der Waals surface area contributed by atoms with Crippen molar-refractivity contribution in [1.29, 1.82) is 0 Å². The van der Waals surface area contributed by atoms with Gasteiger partial charge in [0.05, 0.1) is 24.3 Å². The molecular weight excluding hydrogens is 380 g/mol. The highest BCUT2D eigenvalue weighted by atomic mass is 32.2. The fourth-order valence-electron chi connectivity index (χ4n) is 2.38. The maximum Gasteiger partial charge on any atom is 0.240 e. The Labute approximate surface area is 166 Å². The van der Waals surface area contributed by atoms with Crippen LogP contribution < -0.4 is 19.5 Å². The molecule has 0 fully saturated rings. The van der Waals surface area contributed by atoms with E-state index in [1.54, 1.807) is 36.4 Å². The average molecular weight is 407 g/mol. The lowest BCUT2D eigenvalue weighted by molar-refractivity contribution is -0.116. The molecule has 0 aliphatic heterocycles. The number of methoxy groups -OCH3 is 1. The first-order chi connectivity index (χ1) is 13.5. The van der Waals surface area contributed by atoms with Crippen LogP contribution in [0.5, 0.6) is 11.5 Å². The minimum absolute atomic E-state index is 0.0148. The minimum Gasteiger partial charge on any atom is -0.497 e. The second-order valence-electron chi connectivity index (χ2n) is 6.07. The molecule has 2 aromatic carbocycles. The van der Waals surface area contributed by atoms with Crippen molar-refractivity contribution in [3.05, 3.63) is 48.5 Å². The highest BCUT2D eigenvalue weighted by Gasteiger charge is 2.14. The molecule has 0 radical (unpaired) electrons. The number of carbonyl (C=O) groups excluding carboxylic acids is 1. The van der Waals surface area contributed by atoms with Crippen molar-refractivity contribution in [1.82, 2.24) is 4.72 Å². The summed E-state index contributed by atoms with van der Waals surface area (Å²) in [4.78, 5) is 12.4. The summed E-state index contributed by atoms with van der Waals surface area (Å²) in [6.07, 6.45) is 1.89. The zero-order valence-corrected chi connectivity index (χ0v) is 16.9. The molecule has 152 valence electrons. The quantitative estimate of drug-likeness (QED) is 0.559. The van der Waals surface area contributed by atoms with Gasteiger partial charge in [-0.15, -0.1) is 0 Å². The molecule has 0 aromatic heterocycles. The van der Waals surface area contributed by atoms with E-state index in [-0.39, 0.29) is 23.8 Å². The first-order valence-corrected chi connectivity index (χ1v) is 10.6. The maximum absolute atomic E-state index is 12.3. The van der Waals surface area contributed by atoms with Crippen LogP contribution in [0.3, 0.4) is 0 Å². The van der Waals surface area contributed by atoms with Crippen LogP contribution in [0.4, 0.5) is 5.69 Å². The van der Waals surface area contributed by atoms with Gasteiger partial charge in [0.1, 0.15) is 11.5 Å². The van der Waals surface area contributed by atoms with E-state index in [2.05, 4.69) is 17.0 Å². The van der Waals surface area contributed by atoms with Crippen LogP contribution in [0.1, 0.15) is 26.2 Å². The van der Waals surface area contributed by atoms with Gasteiger partial charge >= 0.3 is 0 Å². The van der Waals surface area contributed by atoms with E-state index >= 15 is 0 Å². The average Bonchev–Trinajstić information content (AvgIpc) is 2.69. The number of hydrogen-bond donors (Lipinski definition) is 2. The summed E-state index contributed by atoms with van der Waals surface area (Å²) in [6.45, 7) is 2.60. The van der Waals surface area contributed by atoms with E-state index in [0.29, 0.717) is 23.8 Å². The van der Waals surface area contributed by atoms with Crippen molar-refractivity contribution >= 4 is 21.6 Å². The van der Waals surface area contributed by atoms with Crippen LogP contribution in [-0.4, -0.2) is 34.6 Å². The van der Waals surface area contributed by atoms with Crippen LogP contribution in [-0.2, 0) is 14.8 Å². The van der Waals surface area contributed by atoms with Crippen LogP contribution >= 0.6 is 0 Å². The Hall–Kier alpha value is -2.58. The lowest BCUT2D eigenvalue weighted by atomic mass is 10.2. The Morgan fingerprint density at radius 2 is 1.86 bits per heavy atom. The van der Waals surface area contributed by atoms with Gasteiger partial charge in [-0.25, -0.2) is 13.1 Å². The number of hydrogen-bond acceptors (Lipinski definition) is 5. The first kappa shape index (κ1) is 21.7. The first-order valence-electron chi connectivity index (χ1n) is 9.11. The number of rotatable bonds is 11. The lowest BCUT2D eigenvalue weighted by Crippen LogP contribution is -2.27. The van der Waals surface area contributed by atoms with Gasteiger partial charge in [-0.1, -0.05) is 31.5 Å². The number of carbonyl (C=O) groups is 1. The standard InChI is InChI=1S/C20H26N2O5S/c1-3-4-14-27-19-11-10-16(26-2)15-18(19)22-20(23)12-13-21-28(24,25)17-8-6-5-7-9-17/h5-11,15,21H,3-4,12-14H2,1-2H3,(H,22,23). The van der Waals surface area contributed by atoms with Gasteiger partial charge in [-0.05, 0) is 30.7 Å². The van der Waals surface area contributed by atoms with Gasteiger partial charge in [-0.3, -0.25) is 4.79 Å². The minimum atomic E-state index is -3.64. The van der Waals surface area contributed by atoms with Crippen LogP contribution in [0.15, 0.2) is 53.4 Å². The van der Waals surface area contributed by atoms with Crippen molar-refractivity contribution in [2.45, 2.75) is 31.1 Å². The smallest absolute Gasteiger partial charge is 0.240 e. The molecule has 0 unspecified atom stereocenters. The second kappa shape index (κ2) is 10.7. The Balaban J connectivity index is 1.94. The maximum atomic E-state index is 12.3. The summed E-state index contributed by atoms with van der Waals surface area (Å²) < 4.78 is 37.7. The highest BCUT2D eigenvalue weighted by molar-refractivity contribution is 7.89. The molecule has 7 nitrogen and oxygen atoms in total. The van der Waals surface area contributed by atoms with E-state index in [9.17, 15) is 13.2 Å². The molecule has 0 saturated heterocycles. The Bertz CT molecular complexity index is 869. The van der Waals surface area contributed by atoms with Gasteiger partial charge < -0.3 is 14.8 Å². The molecule has 0 aliphatic carbocycles. The molecule has 0 bridgehead atoms. The Morgan fingerprint density at radius 1 is 1.11 bits per heavy atom. The Kier molecular flexibility index (Phi) is 8.28. The fourth-order valence-corrected chi connectivity index (χ4v) is 3.43. The van der Waals surface area contributed by atoms with Crippen LogP contribution in [0.2, 0.25) is 0 Å². The number of sulfonamides is 1. The number of nitrogens with one attached hydrogen (secondary N) is 2. The third-order valence-corrected chi connectivity index (χ3v) is 5.39. The zero-order chi connectivity index (χ0) is 20.4. The van der Waals surface area contributed by atoms with Gasteiger partial charge in [0.2, 0.25) is 15.9 Å². The van der Waals surface area contributed by atoms with Gasteiger partial charge in [0, 0.05) is 19.0 Å². The SMILES string of the molecule is CCCCOc1ccc(OC)cc1NC(=O)CCNS(=O)(=O)c1ccccc1. The number of anilines is 1. The molecule has 8 heteroatoms. The highest BCUT2D eigenvalue weighted by Crippen LogP contribution is 2.29. The monoisotopic (exact) mass is 406 g/mol. The van der Waals surface area contributed by atoms with Gasteiger partial charge in [0.15, 0.2) is 0 Å². The van der Waals surface area contributed by atoms with E-state index < -0.39 is 10.0 Å². The summed E-state index contributed by atoms with van der Waals surface area (Å²) in [5.41, 5.74) is 0.492. The Morgan fingerprint density at radius 3 is 2.54 bits per heavy atom. The topological polar surface area (TPSA) is 93.7 Å². The molecule has 0 aliphatic rings. The molecule has 28 heavy (non-hydrogen) atoms. The predicted octanol–water partition coefficient (Wildman–Crippen LogP) is 3.18. The molecule has 0 atom stereocenters. The third kappa shape index (κ3) is 6.54. The van der Waals surface area contributed by atoms with Crippen molar-refractivity contribution < 1.29 is 22.7 Å². The number of amides is 1. The summed E-state index contributed by atoms with van der Waals surface area (Å²) in [7, 11) is -2.10. The molecule has 2 N–H and O–H groups in total. The van der Waals surface area contributed by atoms with Gasteiger partial charge in [-0.2, -0.15) is 0 Å². The molecule has 2 rings (SSSR count). The van der Waals surface area contributed by atoms with Gasteiger partial charge in [0.25, 0.3) is 0 Å². The summed E-state index contributed by atoms with van der Waals surface area (Å²) in [5, 5.41) is 2.76. The van der Waals surface area contributed by atoms with E-state index in [1.807, 2.05) is 0 Å². The molecular formula is C20H26N2O5S. The zero-order valence-electron chi connectivity index (χ0n) is 16.1. The second-order valence-corrected chi connectivity index (χ2v) is 7.84. The molecule has 1 amide bonds. The van der Waals surface area contributed by atoms with Crippen molar-refractivity contribution in [2.75, 3.05) is 25.6 Å². The third-order valence-electron chi connectivity index (χ3n) is 3.91.